The Morgan fingerprint density at radius 3 is 2.32 bits per heavy atom. The average Bonchev–Trinajstić information content (AvgIpc) is 2.17. The molecular formula is C14H21BClNO2. The van der Waals surface area contributed by atoms with E-state index < -0.39 is 17.2 Å². The maximum absolute atomic E-state index is 11.8. The highest BCUT2D eigenvalue weighted by Gasteiger charge is 2.26. The molecule has 0 heterocycles. The van der Waals surface area contributed by atoms with Crippen LogP contribution >= 0.6 is 11.6 Å². The van der Waals surface area contributed by atoms with Crippen LogP contribution in [0.4, 0.5) is 4.79 Å². The van der Waals surface area contributed by atoms with Gasteiger partial charge in [-0.3, -0.25) is 0 Å². The highest BCUT2D eigenvalue weighted by Crippen LogP contribution is 2.22. The summed E-state index contributed by atoms with van der Waals surface area (Å²) in [6.07, 6.45) is -0.436. The molecule has 0 aromatic heterocycles. The molecule has 0 saturated heterocycles. The van der Waals surface area contributed by atoms with Gasteiger partial charge >= 0.3 is 6.09 Å². The molecule has 1 N–H and O–H groups in total. The van der Waals surface area contributed by atoms with Crippen molar-refractivity contribution in [1.82, 2.24) is 5.32 Å². The zero-order chi connectivity index (χ0) is 14.8. The lowest BCUT2D eigenvalue weighted by molar-refractivity contribution is 0.0470. The van der Waals surface area contributed by atoms with Crippen molar-refractivity contribution >= 4 is 31.0 Å². The van der Waals surface area contributed by atoms with Crippen LogP contribution in [0.1, 0.15) is 40.2 Å². The molecule has 0 aliphatic heterocycles. The minimum atomic E-state index is -0.542. The summed E-state index contributed by atoms with van der Waals surface area (Å²) in [5.41, 5.74) is 0.901. The second-order valence-corrected chi connectivity index (χ2v) is 6.62. The summed E-state index contributed by atoms with van der Waals surface area (Å²) in [6, 6.07) is 5.77. The molecule has 3 nitrogen and oxygen atoms in total. The minimum Gasteiger partial charge on any atom is -0.444 e. The molecule has 1 amide bonds. The number of halogens is 1. The molecule has 0 fully saturated rings. The van der Waals surface area contributed by atoms with Gasteiger partial charge in [-0.25, -0.2) is 4.79 Å². The lowest BCUT2D eigenvalue weighted by atomic mass is 9.89. The van der Waals surface area contributed by atoms with Gasteiger partial charge in [-0.2, -0.15) is 0 Å². The maximum Gasteiger partial charge on any atom is 0.408 e. The fraction of sp³-hybridized carbons (Fsp3) is 0.500. The van der Waals surface area contributed by atoms with Gasteiger partial charge in [0.05, 0.1) is 5.54 Å². The van der Waals surface area contributed by atoms with Crippen LogP contribution in [-0.4, -0.2) is 19.5 Å². The lowest BCUT2D eigenvalue weighted by Gasteiger charge is -2.29. The molecule has 0 aliphatic carbocycles. The van der Waals surface area contributed by atoms with Gasteiger partial charge in [0, 0.05) is 5.02 Å². The smallest absolute Gasteiger partial charge is 0.408 e. The topological polar surface area (TPSA) is 38.3 Å². The van der Waals surface area contributed by atoms with E-state index in [4.69, 9.17) is 16.3 Å². The van der Waals surface area contributed by atoms with Crippen LogP contribution < -0.4 is 10.8 Å². The number of ether oxygens (including phenoxy) is 1. The number of alkyl carbamates (subject to hydrolysis) is 1. The third-order valence-corrected chi connectivity index (χ3v) is 3.11. The Hall–Kier alpha value is -1.16. The quantitative estimate of drug-likeness (QED) is 0.845. The zero-order valence-electron chi connectivity index (χ0n) is 12.4. The summed E-state index contributed by atoms with van der Waals surface area (Å²) in [6.45, 7) is 9.34. The van der Waals surface area contributed by atoms with Crippen LogP contribution in [0.15, 0.2) is 18.2 Å². The number of rotatable bonds is 2. The molecule has 1 rings (SSSR count). The van der Waals surface area contributed by atoms with Crippen LogP contribution in [-0.2, 0) is 10.3 Å². The van der Waals surface area contributed by atoms with E-state index in [9.17, 15) is 4.79 Å². The van der Waals surface area contributed by atoms with Gasteiger partial charge in [-0.1, -0.05) is 29.2 Å². The SMILES string of the molecule is Bc1ccc(C(C)(C)NC(=O)OC(C)(C)C)cc1Cl. The van der Waals surface area contributed by atoms with Crippen LogP contribution in [0, 0.1) is 0 Å². The fourth-order valence-corrected chi connectivity index (χ4v) is 1.79. The highest BCUT2D eigenvalue weighted by molar-refractivity contribution is 6.45. The molecule has 0 aliphatic rings. The summed E-state index contributed by atoms with van der Waals surface area (Å²) in [5.74, 6) is 0. The molecule has 0 unspecified atom stereocenters. The van der Waals surface area contributed by atoms with Crippen molar-refractivity contribution < 1.29 is 9.53 Å². The highest BCUT2D eigenvalue weighted by atomic mass is 35.5. The van der Waals surface area contributed by atoms with Crippen molar-refractivity contribution in [2.75, 3.05) is 0 Å². The lowest BCUT2D eigenvalue weighted by Crippen LogP contribution is -2.43. The molecule has 0 saturated carbocycles. The van der Waals surface area contributed by atoms with Gasteiger partial charge in [0.25, 0.3) is 0 Å². The van der Waals surface area contributed by atoms with E-state index in [2.05, 4.69) is 5.32 Å². The summed E-state index contributed by atoms with van der Waals surface area (Å²) in [7, 11) is 1.94. The Morgan fingerprint density at radius 2 is 1.84 bits per heavy atom. The molecule has 0 spiro atoms. The molecule has 1 aromatic carbocycles. The largest absolute Gasteiger partial charge is 0.444 e. The summed E-state index contributed by atoms with van der Waals surface area (Å²) in [5, 5.41) is 3.55. The van der Waals surface area contributed by atoms with E-state index in [0.29, 0.717) is 5.02 Å². The predicted octanol–water partition coefficient (Wildman–Crippen LogP) is 2.36. The van der Waals surface area contributed by atoms with E-state index in [1.807, 2.05) is 60.7 Å². The Bertz CT molecular complexity index is 481. The average molecular weight is 282 g/mol. The molecule has 0 atom stereocenters. The van der Waals surface area contributed by atoms with Crippen LogP contribution in [0.25, 0.3) is 0 Å². The van der Waals surface area contributed by atoms with E-state index in [0.717, 1.165) is 11.0 Å². The fourth-order valence-electron chi connectivity index (χ4n) is 1.61. The molecule has 19 heavy (non-hydrogen) atoms. The molecule has 0 bridgehead atoms. The van der Waals surface area contributed by atoms with Crippen molar-refractivity contribution in [1.29, 1.82) is 0 Å². The van der Waals surface area contributed by atoms with Crippen molar-refractivity contribution in [2.45, 2.75) is 45.8 Å². The van der Waals surface area contributed by atoms with Gasteiger partial charge in [0.15, 0.2) is 0 Å². The first-order valence-corrected chi connectivity index (χ1v) is 6.67. The number of carbonyl (C=O) groups excluding carboxylic acids is 1. The van der Waals surface area contributed by atoms with Crippen LogP contribution in [0.5, 0.6) is 0 Å². The maximum atomic E-state index is 11.8. The zero-order valence-corrected chi connectivity index (χ0v) is 13.2. The van der Waals surface area contributed by atoms with Crippen molar-refractivity contribution in [3.63, 3.8) is 0 Å². The van der Waals surface area contributed by atoms with Gasteiger partial charge in [-0.05, 0) is 46.2 Å². The summed E-state index contributed by atoms with van der Waals surface area (Å²) < 4.78 is 5.27. The molecular weight excluding hydrogens is 260 g/mol. The predicted molar refractivity (Wildman–Crippen MR) is 82.0 cm³/mol. The molecule has 0 radical (unpaired) electrons. The summed E-state index contributed by atoms with van der Waals surface area (Å²) in [4.78, 5) is 11.8. The van der Waals surface area contributed by atoms with E-state index in [1.165, 1.54) is 0 Å². The van der Waals surface area contributed by atoms with Crippen molar-refractivity contribution in [3.8, 4) is 0 Å². The van der Waals surface area contributed by atoms with E-state index >= 15 is 0 Å². The Balaban J connectivity index is 2.86. The number of benzene rings is 1. The van der Waals surface area contributed by atoms with Crippen molar-refractivity contribution in [2.24, 2.45) is 0 Å². The third kappa shape index (κ3) is 4.79. The Labute approximate surface area is 121 Å². The first-order valence-electron chi connectivity index (χ1n) is 6.29. The van der Waals surface area contributed by atoms with Gasteiger partial charge < -0.3 is 10.1 Å². The molecule has 5 heteroatoms. The Kier molecular flexibility index (Phi) is 4.56. The van der Waals surface area contributed by atoms with Crippen LogP contribution in [0.3, 0.4) is 0 Å². The third-order valence-electron chi connectivity index (χ3n) is 2.71. The first kappa shape index (κ1) is 15.9. The second-order valence-electron chi connectivity index (χ2n) is 6.22. The second kappa shape index (κ2) is 5.45. The van der Waals surface area contributed by atoms with Crippen molar-refractivity contribution in [3.05, 3.63) is 28.8 Å². The first-order chi connectivity index (χ1) is 8.51. The molecule has 1 aromatic rings. The monoisotopic (exact) mass is 281 g/mol. The van der Waals surface area contributed by atoms with E-state index in [-0.39, 0.29) is 0 Å². The molecule has 104 valence electrons. The number of hydrogen-bond donors (Lipinski definition) is 1. The van der Waals surface area contributed by atoms with Gasteiger partial charge in [0.2, 0.25) is 0 Å². The number of nitrogens with one attached hydrogen (secondary N) is 1. The van der Waals surface area contributed by atoms with Crippen LogP contribution in [0.2, 0.25) is 5.02 Å². The standard InChI is InChI=1S/C14H21BClNO2/c1-13(2,3)19-12(18)17-14(4,5)9-6-7-10(15)11(16)8-9/h6-8H,15H2,1-5H3,(H,17,18). The Morgan fingerprint density at radius 1 is 1.26 bits per heavy atom. The minimum absolute atomic E-state index is 0.436. The normalized spacial score (nSPS) is 12.1. The van der Waals surface area contributed by atoms with Gasteiger partial charge in [-0.15, -0.1) is 0 Å². The number of carbonyl (C=O) groups is 1. The number of amides is 1. The summed E-state index contributed by atoms with van der Waals surface area (Å²) >= 11 is 6.12. The van der Waals surface area contributed by atoms with Gasteiger partial charge in [0.1, 0.15) is 13.4 Å². The number of hydrogen-bond acceptors (Lipinski definition) is 2. The van der Waals surface area contributed by atoms with E-state index in [1.54, 1.807) is 0 Å².